The number of hydrazine groups is 1. The van der Waals surface area contributed by atoms with E-state index < -0.39 is 5.91 Å². The van der Waals surface area contributed by atoms with Crippen LogP contribution in [0.15, 0.2) is 28.9 Å². The van der Waals surface area contributed by atoms with Crippen LogP contribution >= 0.6 is 67.8 Å². The molecule has 2 aromatic rings. The summed E-state index contributed by atoms with van der Waals surface area (Å²) in [6.45, 7) is 0.169. The molecule has 0 saturated carbocycles. The van der Waals surface area contributed by atoms with Gasteiger partial charge in [-0.1, -0.05) is 0 Å². The van der Waals surface area contributed by atoms with Gasteiger partial charge in [-0.25, -0.2) is 5.84 Å². The van der Waals surface area contributed by atoms with Crippen LogP contribution in [0.1, 0.15) is 16.1 Å². The van der Waals surface area contributed by atoms with E-state index in [-0.39, 0.29) is 6.61 Å². The molecule has 0 aliphatic rings. The third kappa shape index (κ3) is 3.76. The fraction of sp³-hybridized carbons (Fsp3) is 0.0833. The van der Waals surface area contributed by atoms with Crippen LogP contribution in [0.3, 0.4) is 0 Å². The molecule has 2 rings (SSSR count). The van der Waals surface area contributed by atoms with Crippen molar-refractivity contribution in [2.24, 2.45) is 5.84 Å². The highest BCUT2D eigenvalue weighted by Gasteiger charge is 2.15. The highest BCUT2D eigenvalue weighted by molar-refractivity contribution is 14.1. The molecule has 0 radical (unpaired) electrons. The molecule has 1 aromatic carbocycles. The van der Waals surface area contributed by atoms with Gasteiger partial charge in [-0.15, -0.1) is 0 Å². The number of amides is 1. The number of benzene rings is 1. The summed E-state index contributed by atoms with van der Waals surface area (Å²) in [5, 5.41) is 0. The fourth-order valence-corrected chi connectivity index (χ4v) is 5.43. The molecule has 1 amide bonds. The minimum atomic E-state index is -0.399. The Morgan fingerprint density at radius 3 is 2.55 bits per heavy atom. The molecular formula is C12H9I3N2O3. The number of nitrogen functional groups attached to an aromatic ring is 1. The highest BCUT2D eigenvalue weighted by atomic mass is 127. The van der Waals surface area contributed by atoms with Crippen molar-refractivity contribution >= 4 is 73.7 Å². The summed E-state index contributed by atoms with van der Waals surface area (Å²) in [6, 6.07) is 5.60. The van der Waals surface area contributed by atoms with E-state index in [0.717, 1.165) is 16.5 Å². The number of furan rings is 1. The van der Waals surface area contributed by atoms with Crippen molar-refractivity contribution in [1.82, 2.24) is 5.43 Å². The Labute approximate surface area is 156 Å². The Balaban J connectivity index is 2.18. The van der Waals surface area contributed by atoms with E-state index in [4.69, 9.17) is 15.0 Å². The molecule has 0 atom stereocenters. The van der Waals surface area contributed by atoms with Gasteiger partial charge in [0.2, 0.25) is 0 Å². The smallest absolute Gasteiger partial charge is 0.268 e. The molecule has 0 spiro atoms. The number of carbonyl (C=O) groups excluding carboxylic acids is 1. The van der Waals surface area contributed by atoms with Crippen molar-refractivity contribution in [3.05, 3.63) is 46.5 Å². The van der Waals surface area contributed by atoms with Gasteiger partial charge in [0, 0.05) is 3.57 Å². The fourth-order valence-electron chi connectivity index (χ4n) is 1.54. The number of nitrogens with one attached hydrogen (secondary N) is 1. The zero-order valence-corrected chi connectivity index (χ0v) is 16.4. The van der Waals surface area contributed by atoms with E-state index in [1.165, 1.54) is 6.26 Å². The van der Waals surface area contributed by atoms with Crippen LogP contribution in [0.25, 0.3) is 0 Å². The summed E-state index contributed by atoms with van der Waals surface area (Å²) in [7, 11) is 0. The molecule has 0 unspecified atom stereocenters. The number of hydrogen-bond donors (Lipinski definition) is 2. The second-order valence-electron chi connectivity index (χ2n) is 3.72. The van der Waals surface area contributed by atoms with Gasteiger partial charge in [0.1, 0.15) is 12.4 Å². The summed E-state index contributed by atoms with van der Waals surface area (Å²) in [5.74, 6) is 5.94. The summed E-state index contributed by atoms with van der Waals surface area (Å²) in [6.07, 6.45) is 1.44. The second-order valence-corrected chi connectivity index (χ2v) is 7.29. The topological polar surface area (TPSA) is 77.5 Å². The Bertz CT molecular complexity index is 620. The first kappa shape index (κ1) is 16.3. The lowest BCUT2D eigenvalue weighted by molar-refractivity contribution is 0.0949. The third-order valence-electron chi connectivity index (χ3n) is 2.43. The lowest BCUT2D eigenvalue weighted by Crippen LogP contribution is -2.30. The number of rotatable bonds is 4. The van der Waals surface area contributed by atoms with Crippen LogP contribution in [0.2, 0.25) is 0 Å². The van der Waals surface area contributed by atoms with Crippen molar-refractivity contribution in [2.45, 2.75) is 6.61 Å². The average molecular weight is 610 g/mol. The first-order valence-electron chi connectivity index (χ1n) is 5.37. The Morgan fingerprint density at radius 1 is 1.30 bits per heavy atom. The number of carbonyl (C=O) groups is 1. The van der Waals surface area contributed by atoms with Gasteiger partial charge in [-0.2, -0.15) is 0 Å². The van der Waals surface area contributed by atoms with Crippen LogP contribution in [0.5, 0.6) is 5.75 Å². The van der Waals surface area contributed by atoms with Crippen LogP contribution in [-0.4, -0.2) is 5.91 Å². The number of hydrogen-bond acceptors (Lipinski definition) is 4. The van der Waals surface area contributed by atoms with E-state index in [0.29, 0.717) is 11.3 Å². The first-order valence-corrected chi connectivity index (χ1v) is 8.61. The van der Waals surface area contributed by atoms with Crippen molar-refractivity contribution in [3.63, 3.8) is 0 Å². The van der Waals surface area contributed by atoms with E-state index in [1.54, 1.807) is 6.07 Å². The quantitative estimate of drug-likeness (QED) is 0.242. The summed E-state index contributed by atoms with van der Waals surface area (Å²) < 4.78 is 14.2. The summed E-state index contributed by atoms with van der Waals surface area (Å²) >= 11 is 6.69. The number of nitrogens with two attached hydrogens (primary N) is 1. The zero-order valence-electron chi connectivity index (χ0n) is 9.95. The molecule has 0 fully saturated rings. The third-order valence-corrected chi connectivity index (χ3v) is 4.66. The van der Waals surface area contributed by atoms with Crippen molar-refractivity contribution < 1.29 is 13.9 Å². The summed E-state index contributed by atoms with van der Waals surface area (Å²) in [5.41, 5.74) is 2.46. The maximum atomic E-state index is 11.5. The van der Waals surface area contributed by atoms with Crippen LogP contribution in [-0.2, 0) is 6.61 Å². The standard InChI is InChI=1S/C12H9I3N2O3/c13-6-3-8(14)11(9(15)4-6)20-5-10-7(1-2-19-10)12(18)17-16/h1-4H,5,16H2,(H,17,18). The Hall–Kier alpha value is -0.0800. The first-order chi connectivity index (χ1) is 9.52. The molecule has 8 heteroatoms. The van der Waals surface area contributed by atoms with Crippen molar-refractivity contribution in [3.8, 4) is 5.75 Å². The average Bonchev–Trinajstić information content (AvgIpc) is 2.85. The molecule has 0 saturated heterocycles. The largest absolute Gasteiger partial charge is 0.483 e. The van der Waals surface area contributed by atoms with Gasteiger partial charge in [0.25, 0.3) is 5.91 Å². The van der Waals surface area contributed by atoms with Gasteiger partial charge in [0.05, 0.1) is 19.0 Å². The van der Waals surface area contributed by atoms with Gasteiger partial charge < -0.3 is 9.15 Å². The second kappa shape index (κ2) is 7.26. The molecule has 0 aliphatic carbocycles. The summed E-state index contributed by atoms with van der Waals surface area (Å²) in [4.78, 5) is 11.5. The van der Waals surface area contributed by atoms with E-state index in [1.807, 2.05) is 12.1 Å². The number of ether oxygens (including phenoxy) is 1. The minimum Gasteiger partial charge on any atom is -0.483 e. The van der Waals surface area contributed by atoms with Gasteiger partial charge in [-0.05, 0) is 86.0 Å². The predicted molar refractivity (Wildman–Crippen MR) is 99.3 cm³/mol. The van der Waals surface area contributed by atoms with E-state index in [2.05, 4.69) is 73.2 Å². The Morgan fingerprint density at radius 2 is 1.95 bits per heavy atom. The minimum absolute atomic E-state index is 0.169. The maximum absolute atomic E-state index is 11.5. The molecule has 5 nitrogen and oxygen atoms in total. The van der Waals surface area contributed by atoms with Gasteiger partial charge in [-0.3, -0.25) is 10.2 Å². The van der Waals surface area contributed by atoms with Crippen molar-refractivity contribution in [1.29, 1.82) is 0 Å². The van der Waals surface area contributed by atoms with Crippen LogP contribution < -0.4 is 16.0 Å². The maximum Gasteiger partial charge on any atom is 0.268 e. The van der Waals surface area contributed by atoms with Crippen LogP contribution in [0.4, 0.5) is 0 Å². The normalized spacial score (nSPS) is 10.4. The molecule has 20 heavy (non-hydrogen) atoms. The molecule has 1 aromatic heterocycles. The molecule has 0 aliphatic heterocycles. The van der Waals surface area contributed by atoms with Crippen molar-refractivity contribution in [2.75, 3.05) is 0 Å². The van der Waals surface area contributed by atoms with Crippen LogP contribution in [0, 0.1) is 10.7 Å². The molecular weight excluding hydrogens is 601 g/mol. The SMILES string of the molecule is NNC(=O)c1ccoc1COc1c(I)cc(I)cc1I. The molecule has 3 N–H and O–H groups in total. The lowest BCUT2D eigenvalue weighted by atomic mass is 10.2. The Kier molecular flexibility index (Phi) is 5.92. The van der Waals surface area contributed by atoms with E-state index >= 15 is 0 Å². The monoisotopic (exact) mass is 610 g/mol. The van der Waals surface area contributed by atoms with Gasteiger partial charge in [0.15, 0.2) is 5.76 Å². The molecule has 0 bridgehead atoms. The highest BCUT2D eigenvalue weighted by Crippen LogP contribution is 2.30. The van der Waals surface area contributed by atoms with E-state index in [9.17, 15) is 4.79 Å². The molecule has 106 valence electrons. The zero-order chi connectivity index (χ0) is 14.7. The lowest BCUT2D eigenvalue weighted by Gasteiger charge is -2.10. The molecule has 1 heterocycles. The number of halogens is 3. The predicted octanol–water partition coefficient (Wildman–Crippen LogP) is 3.28. The van der Waals surface area contributed by atoms with Gasteiger partial charge >= 0.3 is 0 Å².